The van der Waals surface area contributed by atoms with Gasteiger partial charge in [0.25, 0.3) is 0 Å². The third-order valence-corrected chi connectivity index (χ3v) is 11.8. The fourth-order valence-corrected chi connectivity index (χ4v) is 7.77. The number of thiocarbonyl (C=S) groups is 1. The first-order chi connectivity index (χ1) is 39.2. The first-order valence-corrected chi connectivity index (χ1v) is 26.8. The Morgan fingerprint density at radius 2 is 1.05 bits per heavy atom. The smallest absolute Gasteiger partial charge is 0.304 e. The summed E-state index contributed by atoms with van der Waals surface area (Å²) >= 11 is 5.43. The van der Waals surface area contributed by atoms with E-state index in [1.54, 1.807) is 36.5 Å². The number of anilines is 2. The second kappa shape index (κ2) is 40.3. The highest BCUT2D eigenvalue weighted by Gasteiger charge is 2.30. The van der Waals surface area contributed by atoms with Crippen molar-refractivity contribution >= 4 is 70.1 Å². The lowest BCUT2D eigenvalue weighted by atomic mass is 9.95. The number of rotatable bonds is 40. The molecule has 81 heavy (non-hydrogen) atoms. The fraction of sp³-hybridized carbons (Fsp3) is 0.538. The average molecular weight is 1160 g/mol. The molecule has 3 aromatic rings. The Morgan fingerprint density at radius 3 is 1.57 bits per heavy atom. The van der Waals surface area contributed by atoms with Crippen molar-refractivity contribution in [2.24, 2.45) is 21.7 Å². The van der Waals surface area contributed by atoms with Gasteiger partial charge in [0.05, 0.1) is 124 Å². The summed E-state index contributed by atoms with van der Waals surface area (Å²) in [7, 11) is 0. The molecule has 0 spiro atoms. The lowest BCUT2D eigenvalue weighted by Gasteiger charge is -2.30. The van der Waals surface area contributed by atoms with E-state index in [9.17, 15) is 39.3 Å². The highest BCUT2D eigenvalue weighted by atomic mass is 32.1. The van der Waals surface area contributed by atoms with Crippen LogP contribution in [-0.4, -0.2) is 215 Å². The van der Waals surface area contributed by atoms with E-state index in [1.807, 2.05) is 24.3 Å². The predicted molar refractivity (Wildman–Crippen MR) is 302 cm³/mol. The first kappa shape index (κ1) is 66.6. The number of hydrogen-bond acceptors (Lipinski definition) is 20. The lowest BCUT2D eigenvalue weighted by Crippen LogP contribution is -2.54. The number of carbonyl (C=O) groups excluding carboxylic acids is 2. The zero-order chi connectivity index (χ0) is 58.3. The molecule has 1 aliphatic heterocycles. The van der Waals surface area contributed by atoms with Crippen LogP contribution in [0, 0.1) is 0 Å². The van der Waals surface area contributed by atoms with Crippen LogP contribution < -0.4 is 48.7 Å². The molecule has 29 heteroatoms. The number of nitrogens with two attached hydrogens (primary N) is 2. The number of carboxylic acid groups (broad SMARTS) is 3. The number of amidine groups is 2. The van der Waals surface area contributed by atoms with Crippen molar-refractivity contribution in [2.45, 2.75) is 62.7 Å². The molecule has 1 aliphatic rings. The number of aliphatic carboxylic acids is 3. The Morgan fingerprint density at radius 1 is 0.556 bits per heavy atom. The molecule has 3 heterocycles. The third kappa shape index (κ3) is 31.0. The van der Waals surface area contributed by atoms with Crippen LogP contribution in [0.25, 0.3) is 0 Å². The van der Waals surface area contributed by atoms with Crippen molar-refractivity contribution < 1.29 is 72.5 Å². The minimum Gasteiger partial charge on any atom is -0.481 e. The summed E-state index contributed by atoms with van der Waals surface area (Å²) < 4.78 is 38.7. The normalized spacial score (nSPS) is 16.8. The second-order valence-corrected chi connectivity index (χ2v) is 18.4. The molecule has 1 aromatic carbocycles. The number of nitrogens with zero attached hydrogens (tertiary/aromatic N) is 4. The zero-order valence-corrected chi connectivity index (χ0v) is 46.0. The van der Waals surface area contributed by atoms with Gasteiger partial charge in [-0.15, -0.1) is 10.2 Å². The minimum atomic E-state index is -1.04. The molecular weight excluding hydrogens is 1080 g/mol. The highest BCUT2D eigenvalue weighted by Crippen LogP contribution is 2.16. The molecule has 0 aliphatic carbocycles. The summed E-state index contributed by atoms with van der Waals surface area (Å²) in [6, 6.07) is 13.7. The number of ether oxygens (including phenoxy) is 7. The van der Waals surface area contributed by atoms with E-state index in [2.05, 4.69) is 57.4 Å². The van der Waals surface area contributed by atoms with Gasteiger partial charge in [-0.2, -0.15) is 0 Å². The van der Waals surface area contributed by atoms with Crippen molar-refractivity contribution in [3.63, 3.8) is 0 Å². The summed E-state index contributed by atoms with van der Waals surface area (Å²) in [4.78, 5) is 67.6. The van der Waals surface area contributed by atoms with E-state index < -0.39 is 42.1 Å². The lowest BCUT2D eigenvalue weighted by molar-refractivity contribution is -0.139. The molecule has 14 N–H and O–H groups in total. The molecule has 1 saturated heterocycles. The van der Waals surface area contributed by atoms with E-state index >= 15 is 0 Å². The van der Waals surface area contributed by atoms with Crippen LogP contribution in [0.15, 0.2) is 77.2 Å². The number of aromatic nitrogens is 2. The van der Waals surface area contributed by atoms with Crippen LogP contribution in [0.3, 0.4) is 0 Å². The van der Waals surface area contributed by atoms with Crippen LogP contribution >= 0.6 is 12.2 Å². The molecular formula is C52H77N13O15S. The summed E-state index contributed by atoms with van der Waals surface area (Å²) in [6.45, 7) is 6.60. The Hall–Kier alpha value is -6.90. The maximum atomic E-state index is 12.3. The number of carboxylic acids is 3. The largest absolute Gasteiger partial charge is 0.481 e. The summed E-state index contributed by atoms with van der Waals surface area (Å²) in [6.07, 6.45) is 2.68. The molecule has 4 atom stereocenters. The van der Waals surface area contributed by atoms with Gasteiger partial charge in [0.2, 0.25) is 11.8 Å². The highest BCUT2D eigenvalue weighted by molar-refractivity contribution is 7.80. The molecule has 4 unspecified atom stereocenters. The number of pyridine rings is 2. The number of carbonyl (C=O) groups is 5. The third-order valence-electron chi connectivity index (χ3n) is 11.5. The summed E-state index contributed by atoms with van der Waals surface area (Å²) in [5.41, 5.74) is 14.6. The fourth-order valence-electron chi connectivity index (χ4n) is 7.55. The van der Waals surface area contributed by atoms with E-state index in [0.717, 1.165) is 11.3 Å². The van der Waals surface area contributed by atoms with Gasteiger partial charge in [0.15, 0.2) is 16.8 Å². The average Bonchev–Trinajstić information content (AvgIpc) is 3.61. The standard InChI is InChI=1S/C52H77N13O15S/c53-50(41-3-1-2-12-55-41)64-65-51(54)42-9-8-38(33-59-42)62-46(67)11-10-45(66)56-13-15-74-17-19-76-21-23-78-25-27-80-28-26-79-24-22-77-20-18-75-16-14-57-52(81)63-37-6-4-36(5-7-37)29-44-43(32-49(72)73)60-34-39(30-47(68)69)58-35-40(61-44)31-48(70)71/h1-9,12,33,39-40,43-44,58,60-61H,10-11,13-32,34-35H2,(H2,53,64)(H2,54,65)(H,56,66)(H,62,67)(H,68,69)(H,70,71)(H,72,73)(H2,57,63,81). The molecule has 4 rings (SSSR count). The van der Waals surface area contributed by atoms with Crippen LogP contribution in [0.2, 0.25) is 0 Å². The van der Waals surface area contributed by atoms with Crippen molar-refractivity contribution in [1.82, 2.24) is 36.6 Å². The van der Waals surface area contributed by atoms with E-state index in [-0.39, 0.29) is 75.2 Å². The van der Waals surface area contributed by atoms with Gasteiger partial charge in [-0.05, 0) is 60.6 Å². The van der Waals surface area contributed by atoms with Crippen molar-refractivity contribution in [1.29, 1.82) is 0 Å². The Bertz CT molecular complexity index is 2400. The van der Waals surface area contributed by atoms with Gasteiger partial charge in [0.1, 0.15) is 11.4 Å². The van der Waals surface area contributed by atoms with Gasteiger partial charge in [-0.3, -0.25) is 33.9 Å². The van der Waals surface area contributed by atoms with Gasteiger partial charge in [-0.25, -0.2) is 0 Å². The van der Waals surface area contributed by atoms with Gasteiger partial charge in [0, 0.05) is 75.1 Å². The molecule has 446 valence electrons. The van der Waals surface area contributed by atoms with Gasteiger partial charge >= 0.3 is 17.9 Å². The van der Waals surface area contributed by atoms with Crippen LogP contribution in [0.5, 0.6) is 0 Å². The molecule has 0 bridgehead atoms. The topological polar surface area (TPSA) is 397 Å². The monoisotopic (exact) mass is 1160 g/mol. The molecule has 1 fully saturated rings. The Kier molecular flexibility index (Phi) is 33.1. The molecule has 2 aromatic heterocycles. The van der Waals surface area contributed by atoms with Crippen molar-refractivity contribution in [3.05, 3.63) is 83.9 Å². The number of hydrogen-bond donors (Lipinski definition) is 12. The van der Waals surface area contributed by atoms with E-state index in [4.69, 9.17) is 56.8 Å². The van der Waals surface area contributed by atoms with Crippen molar-refractivity contribution in [3.8, 4) is 0 Å². The summed E-state index contributed by atoms with van der Waals surface area (Å²) in [5, 5.41) is 57.9. The SMILES string of the molecule is N/C(=N\N=C(/N)c1ccc(NC(=O)CCC(=O)NCCOCCOCCOCCOCCOCCOCCOCCNC(=S)Nc2ccc(CC3NC(CC(=O)O)CNC(CC(=O)O)CNC3CC(=O)O)cc2)cn1)c1ccccn1. The van der Waals surface area contributed by atoms with Crippen LogP contribution in [0.1, 0.15) is 49.1 Å². The van der Waals surface area contributed by atoms with Crippen LogP contribution in [-0.2, 0) is 63.6 Å². The molecule has 2 amide bonds. The molecule has 0 saturated carbocycles. The number of benzene rings is 1. The van der Waals surface area contributed by atoms with E-state index in [0.29, 0.717) is 128 Å². The molecule has 0 radical (unpaired) electrons. The van der Waals surface area contributed by atoms with Crippen molar-refractivity contribution in [2.75, 3.05) is 129 Å². The number of amides is 2. The Balaban J connectivity index is 0.889. The quantitative estimate of drug-likeness (QED) is 0.0114. The number of nitrogens with one attached hydrogen (secondary N) is 7. The Labute approximate surface area is 475 Å². The minimum absolute atomic E-state index is 0.0000940. The van der Waals surface area contributed by atoms with Gasteiger partial charge in [-0.1, -0.05) is 18.2 Å². The van der Waals surface area contributed by atoms with Crippen LogP contribution in [0.4, 0.5) is 11.4 Å². The zero-order valence-electron chi connectivity index (χ0n) is 45.2. The maximum Gasteiger partial charge on any atom is 0.304 e. The van der Waals surface area contributed by atoms with E-state index in [1.165, 1.54) is 6.20 Å². The summed E-state index contributed by atoms with van der Waals surface area (Å²) in [5.74, 6) is -3.60. The first-order valence-electron chi connectivity index (χ1n) is 26.4. The van der Waals surface area contributed by atoms with Gasteiger partial charge < -0.3 is 97.2 Å². The molecule has 28 nitrogen and oxygen atoms in total. The predicted octanol–water partition coefficient (Wildman–Crippen LogP) is -0.337. The second-order valence-electron chi connectivity index (χ2n) is 18.0. The maximum absolute atomic E-state index is 12.3.